The van der Waals surface area contributed by atoms with Crippen LogP contribution < -0.4 is 0 Å². The third-order valence-corrected chi connectivity index (χ3v) is 4.35. The maximum Gasteiger partial charge on any atom is 0.191 e. The van der Waals surface area contributed by atoms with Crippen molar-refractivity contribution in [2.75, 3.05) is 12.4 Å². The Balaban J connectivity index is 1.67. The summed E-state index contributed by atoms with van der Waals surface area (Å²) in [6.45, 7) is 0.446. The summed E-state index contributed by atoms with van der Waals surface area (Å²) in [4.78, 5) is 18.6. The summed E-state index contributed by atoms with van der Waals surface area (Å²) >= 11 is 1.53. The van der Waals surface area contributed by atoms with E-state index in [-0.39, 0.29) is 11.7 Å². The number of carbonyl (C=O) groups is 1. The van der Waals surface area contributed by atoms with Gasteiger partial charge in [0.1, 0.15) is 12.3 Å². The quantitative estimate of drug-likeness (QED) is 0.793. The molecule has 0 saturated carbocycles. The highest BCUT2D eigenvalue weighted by atomic mass is 32.2. The molecule has 21 heavy (non-hydrogen) atoms. The molecule has 3 nitrogen and oxygen atoms in total. The molecule has 106 valence electrons. The van der Waals surface area contributed by atoms with Crippen LogP contribution in [0.25, 0.3) is 0 Å². The van der Waals surface area contributed by atoms with E-state index in [0.717, 1.165) is 10.5 Å². The Labute approximate surface area is 128 Å². The zero-order valence-corrected chi connectivity index (χ0v) is 12.3. The predicted octanol–water partition coefficient (Wildman–Crippen LogP) is 3.52. The molecule has 1 aliphatic heterocycles. The maximum atomic E-state index is 12.4. The number of oxime groups is 1. The number of hydrogen-bond donors (Lipinski definition) is 0. The van der Waals surface area contributed by atoms with E-state index in [1.807, 2.05) is 60.7 Å². The number of nitrogens with zero attached hydrogens (tertiary/aromatic N) is 1. The van der Waals surface area contributed by atoms with E-state index in [9.17, 15) is 4.79 Å². The number of ketones is 1. The molecule has 0 radical (unpaired) electrons. The Bertz CT molecular complexity index is 640. The zero-order valence-electron chi connectivity index (χ0n) is 11.4. The van der Waals surface area contributed by atoms with Crippen LogP contribution in [-0.2, 0) is 9.63 Å². The van der Waals surface area contributed by atoms with E-state index in [1.54, 1.807) is 0 Å². The van der Waals surface area contributed by atoms with Gasteiger partial charge in [-0.1, -0.05) is 53.7 Å². The highest BCUT2D eigenvalue weighted by Crippen LogP contribution is 2.25. The van der Waals surface area contributed by atoms with Gasteiger partial charge in [0, 0.05) is 4.90 Å². The van der Waals surface area contributed by atoms with E-state index >= 15 is 0 Å². The molecule has 0 N–H and O–H groups in total. The summed E-state index contributed by atoms with van der Waals surface area (Å²) in [6.07, 6.45) is 0. The number of Topliss-reactive ketones (excluding diaryl/α,β-unsaturated/α-hetero) is 1. The topological polar surface area (TPSA) is 38.7 Å². The standard InChI is InChI=1S/C17H15NO2S/c19-16(12-21-14-9-5-2-6-10-14)17-15(11-20-18-17)13-7-3-1-4-8-13/h1-10,15H,11-12H2/t15-/m0/s1. The fraction of sp³-hybridized carbons (Fsp3) is 0.176. The van der Waals surface area contributed by atoms with Crippen LogP contribution in [0.4, 0.5) is 0 Å². The van der Waals surface area contributed by atoms with E-state index < -0.39 is 0 Å². The van der Waals surface area contributed by atoms with Crippen LogP contribution in [0.5, 0.6) is 0 Å². The minimum absolute atomic E-state index is 0.0372. The molecule has 1 atom stereocenters. The number of rotatable bonds is 5. The lowest BCUT2D eigenvalue weighted by molar-refractivity contribution is -0.110. The number of hydrogen-bond acceptors (Lipinski definition) is 4. The molecular formula is C17H15NO2S. The minimum Gasteiger partial charge on any atom is -0.394 e. The van der Waals surface area contributed by atoms with Gasteiger partial charge >= 0.3 is 0 Å². The van der Waals surface area contributed by atoms with Crippen LogP contribution in [0.1, 0.15) is 11.5 Å². The van der Waals surface area contributed by atoms with Crippen LogP contribution >= 0.6 is 11.8 Å². The summed E-state index contributed by atoms with van der Waals surface area (Å²) < 4.78 is 0. The molecule has 1 aliphatic rings. The Morgan fingerprint density at radius 2 is 1.76 bits per heavy atom. The van der Waals surface area contributed by atoms with Gasteiger partial charge in [-0.3, -0.25) is 4.79 Å². The molecule has 2 aromatic rings. The summed E-state index contributed by atoms with van der Waals surface area (Å²) in [7, 11) is 0. The Morgan fingerprint density at radius 3 is 2.48 bits per heavy atom. The first-order valence-corrected chi connectivity index (χ1v) is 7.79. The van der Waals surface area contributed by atoms with Gasteiger partial charge in [-0.25, -0.2) is 0 Å². The second-order valence-electron chi connectivity index (χ2n) is 4.76. The molecule has 2 aromatic carbocycles. The first kappa shape index (κ1) is 13.9. The van der Waals surface area contributed by atoms with E-state index in [2.05, 4.69) is 5.16 Å². The van der Waals surface area contributed by atoms with Crippen molar-refractivity contribution in [3.05, 3.63) is 66.2 Å². The highest BCUT2D eigenvalue weighted by Gasteiger charge is 2.30. The van der Waals surface area contributed by atoms with Crippen molar-refractivity contribution < 1.29 is 9.63 Å². The smallest absolute Gasteiger partial charge is 0.191 e. The number of benzene rings is 2. The Morgan fingerprint density at radius 1 is 1.10 bits per heavy atom. The lowest BCUT2D eigenvalue weighted by Gasteiger charge is -2.09. The lowest BCUT2D eigenvalue weighted by atomic mass is 9.93. The van der Waals surface area contributed by atoms with Gasteiger partial charge < -0.3 is 4.84 Å². The van der Waals surface area contributed by atoms with Crippen molar-refractivity contribution in [3.63, 3.8) is 0 Å². The number of carbonyl (C=O) groups excluding carboxylic acids is 1. The first-order chi connectivity index (χ1) is 10.3. The van der Waals surface area contributed by atoms with Gasteiger partial charge in [-0.2, -0.15) is 0 Å². The molecule has 0 aromatic heterocycles. The highest BCUT2D eigenvalue weighted by molar-refractivity contribution is 8.00. The van der Waals surface area contributed by atoms with Crippen molar-refractivity contribution in [2.24, 2.45) is 5.16 Å². The van der Waals surface area contributed by atoms with Crippen LogP contribution in [0.2, 0.25) is 0 Å². The zero-order chi connectivity index (χ0) is 14.5. The summed E-state index contributed by atoms with van der Waals surface area (Å²) in [5, 5.41) is 3.96. The van der Waals surface area contributed by atoms with Crippen molar-refractivity contribution in [1.82, 2.24) is 0 Å². The summed E-state index contributed by atoms with van der Waals surface area (Å²) in [6, 6.07) is 19.8. The fourth-order valence-corrected chi connectivity index (χ4v) is 3.04. The van der Waals surface area contributed by atoms with Crippen LogP contribution in [0.15, 0.2) is 70.7 Å². The van der Waals surface area contributed by atoms with Gasteiger partial charge in [0.05, 0.1) is 11.7 Å². The van der Waals surface area contributed by atoms with Gasteiger partial charge in [0.2, 0.25) is 0 Å². The molecular weight excluding hydrogens is 282 g/mol. The van der Waals surface area contributed by atoms with E-state index in [4.69, 9.17) is 4.84 Å². The normalized spacial score (nSPS) is 17.1. The van der Waals surface area contributed by atoms with Gasteiger partial charge in [0.25, 0.3) is 0 Å². The SMILES string of the molecule is O=C(CSc1ccccc1)C1=NOC[C@H]1c1ccccc1. The molecule has 0 aliphatic carbocycles. The fourth-order valence-electron chi connectivity index (χ4n) is 2.25. The van der Waals surface area contributed by atoms with Crippen molar-refractivity contribution in [1.29, 1.82) is 0 Å². The molecule has 0 fully saturated rings. The Kier molecular flexibility index (Phi) is 4.36. The van der Waals surface area contributed by atoms with Crippen molar-refractivity contribution in [3.8, 4) is 0 Å². The molecule has 0 spiro atoms. The molecule has 0 unspecified atom stereocenters. The minimum atomic E-state index is -0.0462. The molecule has 0 amide bonds. The third-order valence-electron chi connectivity index (χ3n) is 3.33. The predicted molar refractivity (Wildman–Crippen MR) is 84.7 cm³/mol. The third kappa shape index (κ3) is 3.34. The van der Waals surface area contributed by atoms with Gasteiger partial charge in [-0.15, -0.1) is 11.8 Å². The first-order valence-electron chi connectivity index (χ1n) is 6.80. The molecule has 0 bridgehead atoms. The molecule has 3 rings (SSSR count). The monoisotopic (exact) mass is 297 g/mol. The van der Waals surface area contributed by atoms with Gasteiger partial charge in [-0.05, 0) is 17.7 Å². The maximum absolute atomic E-state index is 12.4. The van der Waals surface area contributed by atoms with E-state index in [0.29, 0.717) is 18.1 Å². The second-order valence-corrected chi connectivity index (χ2v) is 5.81. The second kappa shape index (κ2) is 6.59. The largest absolute Gasteiger partial charge is 0.394 e. The van der Waals surface area contributed by atoms with E-state index in [1.165, 1.54) is 11.8 Å². The van der Waals surface area contributed by atoms with Crippen molar-refractivity contribution in [2.45, 2.75) is 10.8 Å². The van der Waals surface area contributed by atoms with Crippen LogP contribution in [0.3, 0.4) is 0 Å². The van der Waals surface area contributed by atoms with Crippen LogP contribution in [0, 0.1) is 0 Å². The Hall–Kier alpha value is -2.07. The molecule has 0 saturated heterocycles. The molecule has 1 heterocycles. The van der Waals surface area contributed by atoms with Crippen LogP contribution in [-0.4, -0.2) is 23.9 Å². The number of thioether (sulfide) groups is 1. The average Bonchev–Trinajstić information content (AvgIpc) is 3.04. The molecule has 4 heteroatoms. The summed E-state index contributed by atoms with van der Waals surface area (Å²) in [5.41, 5.74) is 1.61. The van der Waals surface area contributed by atoms with Crippen molar-refractivity contribution >= 4 is 23.3 Å². The lowest BCUT2D eigenvalue weighted by Crippen LogP contribution is -2.22. The summed E-state index contributed by atoms with van der Waals surface area (Å²) in [5.74, 6) is 0.375. The van der Waals surface area contributed by atoms with Gasteiger partial charge in [0.15, 0.2) is 5.78 Å². The average molecular weight is 297 g/mol.